The highest BCUT2D eigenvalue weighted by Gasteiger charge is 2.35. The minimum Gasteiger partial charge on any atom is -0.378 e. The number of amides is 1. The second-order valence-corrected chi connectivity index (χ2v) is 6.11. The minimum absolute atomic E-state index is 0.0147. The van der Waals surface area contributed by atoms with Crippen molar-refractivity contribution in [3.63, 3.8) is 0 Å². The number of rotatable bonds is 4. The van der Waals surface area contributed by atoms with Gasteiger partial charge in [-0.3, -0.25) is 14.4 Å². The summed E-state index contributed by atoms with van der Waals surface area (Å²) in [6.45, 7) is 7.78. The van der Waals surface area contributed by atoms with E-state index in [1.807, 2.05) is 19.9 Å². The molecule has 3 rings (SSSR count). The van der Waals surface area contributed by atoms with Crippen LogP contribution in [0.2, 0.25) is 0 Å². The lowest BCUT2D eigenvalue weighted by Crippen LogP contribution is -2.50. The van der Waals surface area contributed by atoms with Gasteiger partial charge in [-0.05, 0) is 45.8 Å². The molecule has 2 saturated heterocycles. The van der Waals surface area contributed by atoms with E-state index in [9.17, 15) is 4.79 Å². The van der Waals surface area contributed by atoms with Crippen molar-refractivity contribution in [3.05, 3.63) is 17.5 Å². The van der Waals surface area contributed by atoms with E-state index < -0.39 is 0 Å². The third-order valence-corrected chi connectivity index (χ3v) is 4.40. The largest absolute Gasteiger partial charge is 0.378 e. The molecule has 0 unspecified atom stereocenters. The molecule has 0 spiro atoms. The number of aryl methyl sites for hydroxylation is 2. The molecule has 116 valence electrons. The molecule has 1 N–H and O–H groups in total. The van der Waals surface area contributed by atoms with Crippen molar-refractivity contribution in [1.82, 2.24) is 20.0 Å². The van der Waals surface area contributed by atoms with Crippen LogP contribution in [0.4, 0.5) is 0 Å². The summed E-state index contributed by atoms with van der Waals surface area (Å²) in [5, 5.41) is 7.46. The first kappa shape index (κ1) is 14.5. The van der Waals surface area contributed by atoms with Gasteiger partial charge in [0.1, 0.15) is 6.54 Å². The van der Waals surface area contributed by atoms with Crippen LogP contribution in [0, 0.1) is 13.8 Å². The molecule has 0 radical (unpaired) electrons. The molecular weight excluding hydrogens is 268 g/mol. The molecule has 3 heterocycles. The zero-order valence-corrected chi connectivity index (χ0v) is 12.8. The van der Waals surface area contributed by atoms with Crippen molar-refractivity contribution >= 4 is 5.91 Å². The summed E-state index contributed by atoms with van der Waals surface area (Å²) >= 11 is 0. The minimum atomic E-state index is 0.0147. The van der Waals surface area contributed by atoms with Gasteiger partial charge in [0, 0.05) is 5.69 Å². The summed E-state index contributed by atoms with van der Waals surface area (Å²) in [5.74, 6) is 0.0147. The van der Waals surface area contributed by atoms with Gasteiger partial charge in [-0.1, -0.05) is 0 Å². The fraction of sp³-hybridized carbons (Fsp3) is 0.733. The molecule has 0 bridgehead atoms. The molecule has 1 aromatic heterocycles. The summed E-state index contributed by atoms with van der Waals surface area (Å²) in [6, 6.07) is 2.42. The number of carbonyl (C=O) groups is 1. The Hall–Kier alpha value is -1.40. The Labute approximate surface area is 125 Å². The first-order chi connectivity index (χ1) is 10.1. The molecule has 1 amide bonds. The van der Waals surface area contributed by atoms with Gasteiger partial charge < -0.3 is 10.1 Å². The Morgan fingerprint density at radius 3 is 2.81 bits per heavy atom. The van der Waals surface area contributed by atoms with Crippen LogP contribution in [0.5, 0.6) is 0 Å². The summed E-state index contributed by atoms with van der Waals surface area (Å²) in [7, 11) is 0. The molecule has 2 fully saturated rings. The standard InChI is InChI=1S/C15H24N4O2/c1-11-7-12(2)19(17-11)8-15(20)16-13-9-21-10-14(13)18-5-3-4-6-18/h7,13-14H,3-6,8-10H2,1-2H3,(H,16,20)/t13-,14-/m0/s1. The molecular formula is C15H24N4O2. The first-order valence-electron chi connectivity index (χ1n) is 7.75. The van der Waals surface area contributed by atoms with Gasteiger partial charge in [-0.25, -0.2) is 0 Å². The molecule has 2 atom stereocenters. The van der Waals surface area contributed by atoms with Gasteiger partial charge in [-0.2, -0.15) is 5.10 Å². The zero-order chi connectivity index (χ0) is 14.8. The highest BCUT2D eigenvalue weighted by Crippen LogP contribution is 2.19. The van der Waals surface area contributed by atoms with Crippen LogP contribution in [-0.2, 0) is 16.1 Å². The molecule has 0 aliphatic carbocycles. The van der Waals surface area contributed by atoms with E-state index in [-0.39, 0.29) is 18.5 Å². The number of likely N-dealkylation sites (tertiary alicyclic amines) is 1. The van der Waals surface area contributed by atoms with E-state index in [2.05, 4.69) is 15.3 Å². The van der Waals surface area contributed by atoms with Crippen molar-refractivity contribution < 1.29 is 9.53 Å². The number of hydrogen-bond acceptors (Lipinski definition) is 4. The van der Waals surface area contributed by atoms with E-state index in [1.54, 1.807) is 4.68 Å². The van der Waals surface area contributed by atoms with Gasteiger partial charge in [0.25, 0.3) is 0 Å². The smallest absolute Gasteiger partial charge is 0.242 e. The van der Waals surface area contributed by atoms with Crippen LogP contribution >= 0.6 is 0 Å². The van der Waals surface area contributed by atoms with E-state index >= 15 is 0 Å². The molecule has 0 aromatic carbocycles. The van der Waals surface area contributed by atoms with Crippen LogP contribution in [0.15, 0.2) is 6.07 Å². The molecule has 6 heteroatoms. The molecule has 1 aromatic rings. The van der Waals surface area contributed by atoms with E-state index in [0.717, 1.165) is 31.1 Å². The Morgan fingerprint density at radius 2 is 2.14 bits per heavy atom. The second kappa shape index (κ2) is 6.15. The van der Waals surface area contributed by atoms with Crippen LogP contribution in [0.25, 0.3) is 0 Å². The predicted octanol–water partition coefficient (Wildman–Crippen LogP) is 0.479. The average Bonchev–Trinajstić information content (AvgIpc) is 3.11. The maximum absolute atomic E-state index is 12.2. The maximum atomic E-state index is 12.2. The average molecular weight is 292 g/mol. The molecule has 21 heavy (non-hydrogen) atoms. The molecule has 2 aliphatic heterocycles. The number of hydrogen-bond donors (Lipinski definition) is 1. The maximum Gasteiger partial charge on any atom is 0.242 e. The van der Waals surface area contributed by atoms with Gasteiger partial charge in [0.15, 0.2) is 0 Å². The van der Waals surface area contributed by atoms with Crippen molar-refractivity contribution in [2.45, 2.75) is 45.3 Å². The number of aromatic nitrogens is 2. The van der Waals surface area contributed by atoms with Gasteiger partial charge in [-0.15, -0.1) is 0 Å². The molecule has 2 aliphatic rings. The lowest BCUT2D eigenvalue weighted by atomic mass is 10.1. The predicted molar refractivity (Wildman–Crippen MR) is 79.0 cm³/mol. The third kappa shape index (κ3) is 3.27. The summed E-state index contributed by atoms with van der Waals surface area (Å²) < 4.78 is 7.34. The van der Waals surface area contributed by atoms with Crippen molar-refractivity contribution in [3.8, 4) is 0 Å². The topological polar surface area (TPSA) is 59.4 Å². The highest BCUT2D eigenvalue weighted by atomic mass is 16.5. The normalized spacial score (nSPS) is 26.4. The fourth-order valence-electron chi connectivity index (χ4n) is 3.34. The van der Waals surface area contributed by atoms with E-state index in [1.165, 1.54) is 12.8 Å². The van der Waals surface area contributed by atoms with Crippen LogP contribution in [-0.4, -0.2) is 59.0 Å². The Bertz CT molecular complexity index is 508. The van der Waals surface area contributed by atoms with Crippen molar-refractivity contribution in [2.75, 3.05) is 26.3 Å². The van der Waals surface area contributed by atoms with Crippen molar-refractivity contribution in [1.29, 1.82) is 0 Å². The van der Waals surface area contributed by atoms with Crippen LogP contribution in [0.1, 0.15) is 24.2 Å². The van der Waals surface area contributed by atoms with Crippen molar-refractivity contribution in [2.24, 2.45) is 0 Å². The monoisotopic (exact) mass is 292 g/mol. The second-order valence-electron chi connectivity index (χ2n) is 6.11. The van der Waals surface area contributed by atoms with E-state index in [4.69, 9.17) is 4.74 Å². The third-order valence-electron chi connectivity index (χ3n) is 4.40. The lowest BCUT2D eigenvalue weighted by Gasteiger charge is -2.27. The summed E-state index contributed by atoms with van der Waals surface area (Å²) in [6.07, 6.45) is 2.51. The SMILES string of the molecule is Cc1cc(C)n(CC(=O)N[C@H]2COC[C@@H]2N2CCCC2)n1. The van der Waals surface area contributed by atoms with Crippen LogP contribution in [0.3, 0.4) is 0 Å². The number of nitrogens with one attached hydrogen (secondary N) is 1. The Balaban J connectivity index is 1.57. The lowest BCUT2D eigenvalue weighted by molar-refractivity contribution is -0.122. The molecule has 0 saturated carbocycles. The Kier molecular flexibility index (Phi) is 4.26. The number of nitrogens with zero attached hydrogens (tertiary/aromatic N) is 3. The number of ether oxygens (including phenoxy) is 1. The summed E-state index contributed by atoms with van der Waals surface area (Å²) in [5.41, 5.74) is 1.96. The van der Waals surface area contributed by atoms with E-state index in [0.29, 0.717) is 12.6 Å². The number of carbonyl (C=O) groups excluding carboxylic acids is 1. The summed E-state index contributed by atoms with van der Waals surface area (Å²) in [4.78, 5) is 14.7. The zero-order valence-electron chi connectivity index (χ0n) is 12.8. The Morgan fingerprint density at radius 1 is 1.38 bits per heavy atom. The highest BCUT2D eigenvalue weighted by molar-refractivity contribution is 5.76. The van der Waals surface area contributed by atoms with Gasteiger partial charge in [0.2, 0.25) is 5.91 Å². The van der Waals surface area contributed by atoms with Gasteiger partial charge in [0.05, 0.1) is 31.0 Å². The molecule has 6 nitrogen and oxygen atoms in total. The quantitative estimate of drug-likeness (QED) is 0.877. The fourth-order valence-corrected chi connectivity index (χ4v) is 3.34. The van der Waals surface area contributed by atoms with Crippen LogP contribution < -0.4 is 5.32 Å². The van der Waals surface area contributed by atoms with Gasteiger partial charge >= 0.3 is 0 Å². The first-order valence-corrected chi connectivity index (χ1v) is 7.75.